The van der Waals surface area contributed by atoms with Gasteiger partial charge in [-0.25, -0.2) is 4.79 Å². The maximum Gasteiger partial charge on any atom is 0.315 e. The Morgan fingerprint density at radius 3 is 2.25 bits per heavy atom. The molecule has 4 nitrogen and oxygen atoms in total. The summed E-state index contributed by atoms with van der Waals surface area (Å²) in [5, 5.41) is 5.83. The average Bonchev–Trinajstić information content (AvgIpc) is 2.39. The maximum atomic E-state index is 11.7. The van der Waals surface area contributed by atoms with Gasteiger partial charge >= 0.3 is 6.03 Å². The van der Waals surface area contributed by atoms with Crippen molar-refractivity contribution in [2.24, 2.45) is 5.92 Å². The summed E-state index contributed by atoms with van der Waals surface area (Å²) in [5.74, 6) is 0.444. The molecule has 20 heavy (non-hydrogen) atoms. The van der Waals surface area contributed by atoms with E-state index < -0.39 is 0 Å². The van der Waals surface area contributed by atoms with E-state index in [4.69, 9.17) is 0 Å². The topological polar surface area (TPSA) is 44.4 Å². The third-order valence-corrected chi connectivity index (χ3v) is 3.51. The zero-order valence-electron chi connectivity index (χ0n) is 13.2. The fourth-order valence-corrected chi connectivity index (χ4v) is 1.71. The van der Waals surface area contributed by atoms with Crippen LogP contribution in [0, 0.1) is 5.92 Å². The summed E-state index contributed by atoms with van der Waals surface area (Å²) in [6.45, 7) is 6.86. The number of nitrogens with zero attached hydrogens (tertiary/aromatic N) is 1. The standard InChI is InChI=1S/C16H27N3O/c1-12(2)13(3)18-16(20)17-11-10-14-6-8-15(9-7-14)19(4)5/h6-9,12-13H,10-11H2,1-5H3,(H2,17,18,20). The van der Waals surface area contributed by atoms with Crippen molar-refractivity contribution < 1.29 is 4.79 Å². The van der Waals surface area contributed by atoms with Gasteiger partial charge < -0.3 is 15.5 Å². The van der Waals surface area contributed by atoms with Crippen LogP contribution in [-0.4, -0.2) is 32.7 Å². The summed E-state index contributed by atoms with van der Waals surface area (Å²) in [4.78, 5) is 13.7. The molecule has 1 rings (SSSR count). The van der Waals surface area contributed by atoms with Gasteiger partial charge in [0.05, 0.1) is 0 Å². The normalized spacial score (nSPS) is 12.1. The van der Waals surface area contributed by atoms with Gasteiger partial charge in [0, 0.05) is 32.4 Å². The molecule has 0 aliphatic heterocycles. The minimum atomic E-state index is -0.0869. The van der Waals surface area contributed by atoms with Crippen LogP contribution < -0.4 is 15.5 Å². The van der Waals surface area contributed by atoms with E-state index in [1.807, 2.05) is 21.0 Å². The molecule has 0 aliphatic rings. The summed E-state index contributed by atoms with van der Waals surface area (Å²) in [7, 11) is 4.05. The van der Waals surface area contributed by atoms with Crippen LogP contribution in [0.1, 0.15) is 26.3 Å². The molecule has 0 fully saturated rings. The molecule has 1 aromatic rings. The number of amides is 2. The van der Waals surface area contributed by atoms with Crippen molar-refractivity contribution in [1.82, 2.24) is 10.6 Å². The fraction of sp³-hybridized carbons (Fsp3) is 0.562. The number of anilines is 1. The van der Waals surface area contributed by atoms with Crippen LogP contribution in [0.25, 0.3) is 0 Å². The van der Waals surface area contributed by atoms with Gasteiger partial charge in [0.2, 0.25) is 0 Å². The van der Waals surface area contributed by atoms with Gasteiger partial charge in [0.25, 0.3) is 0 Å². The molecular formula is C16H27N3O. The number of hydrogen-bond donors (Lipinski definition) is 2. The quantitative estimate of drug-likeness (QED) is 0.839. The first kappa shape index (κ1) is 16.3. The molecule has 0 aliphatic carbocycles. The number of urea groups is 1. The second kappa shape index (κ2) is 7.78. The van der Waals surface area contributed by atoms with Gasteiger partial charge in [-0.15, -0.1) is 0 Å². The second-order valence-corrected chi connectivity index (χ2v) is 5.74. The van der Waals surface area contributed by atoms with E-state index in [0.717, 1.165) is 6.42 Å². The second-order valence-electron chi connectivity index (χ2n) is 5.74. The van der Waals surface area contributed by atoms with Crippen LogP contribution in [0.15, 0.2) is 24.3 Å². The van der Waals surface area contributed by atoms with Crippen molar-refractivity contribution in [1.29, 1.82) is 0 Å². The first-order valence-corrected chi connectivity index (χ1v) is 7.20. The molecule has 0 bridgehead atoms. The van der Waals surface area contributed by atoms with Gasteiger partial charge in [0.1, 0.15) is 0 Å². The number of carbonyl (C=O) groups is 1. The van der Waals surface area contributed by atoms with E-state index >= 15 is 0 Å². The third kappa shape index (κ3) is 5.51. The highest BCUT2D eigenvalue weighted by Crippen LogP contribution is 2.12. The van der Waals surface area contributed by atoms with Crippen molar-refractivity contribution >= 4 is 11.7 Å². The highest BCUT2D eigenvalue weighted by Gasteiger charge is 2.09. The molecule has 4 heteroatoms. The summed E-state index contributed by atoms with van der Waals surface area (Å²) >= 11 is 0. The Hall–Kier alpha value is -1.71. The highest BCUT2D eigenvalue weighted by atomic mass is 16.2. The van der Waals surface area contributed by atoms with Gasteiger partial charge in [-0.2, -0.15) is 0 Å². The number of carbonyl (C=O) groups excluding carboxylic acids is 1. The van der Waals surface area contributed by atoms with Gasteiger partial charge in [0.15, 0.2) is 0 Å². The van der Waals surface area contributed by atoms with Crippen molar-refractivity contribution in [3.63, 3.8) is 0 Å². The Morgan fingerprint density at radius 1 is 1.15 bits per heavy atom. The largest absolute Gasteiger partial charge is 0.378 e. The smallest absolute Gasteiger partial charge is 0.315 e. The molecule has 0 heterocycles. The molecule has 2 N–H and O–H groups in total. The van der Waals surface area contributed by atoms with Crippen LogP contribution in [0.3, 0.4) is 0 Å². The Morgan fingerprint density at radius 2 is 1.75 bits per heavy atom. The van der Waals surface area contributed by atoms with Crippen molar-refractivity contribution in [2.75, 3.05) is 25.5 Å². The monoisotopic (exact) mass is 277 g/mol. The lowest BCUT2D eigenvalue weighted by atomic mass is 10.1. The molecule has 1 aromatic carbocycles. The molecule has 1 atom stereocenters. The molecule has 0 aromatic heterocycles. The predicted octanol–water partition coefficient (Wildman–Crippen LogP) is 2.64. The van der Waals surface area contributed by atoms with E-state index in [2.05, 4.69) is 53.6 Å². The Bertz CT molecular complexity index is 412. The molecule has 1 unspecified atom stereocenters. The number of hydrogen-bond acceptors (Lipinski definition) is 2. The summed E-state index contributed by atoms with van der Waals surface area (Å²) in [6, 6.07) is 8.49. The Balaban J connectivity index is 2.32. The van der Waals surface area contributed by atoms with Crippen LogP contribution in [0.2, 0.25) is 0 Å². The maximum absolute atomic E-state index is 11.7. The Kier molecular flexibility index (Phi) is 6.36. The summed E-state index contributed by atoms with van der Waals surface area (Å²) in [6.07, 6.45) is 0.844. The highest BCUT2D eigenvalue weighted by molar-refractivity contribution is 5.74. The van der Waals surface area contributed by atoms with Crippen molar-refractivity contribution in [3.8, 4) is 0 Å². The van der Waals surface area contributed by atoms with Gasteiger partial charge in [-0.1, -0.05) is 26.0 Å². The number of benzene rings is 1. The minimum absolute atomic E-state index is 0.0869. The lowest BCUT2D eigenvalue weighted by Gasteiger charge is -2.18. The average molecular weight is 277 g/mol. The molecule has 0 saturated heterocycles. The molecule has 0 radical (unpaired) electrons. The van der Waals surface area contributed by atoms with Gasteiger partial charge in [-0.3, -0.25) is 0 Å². The fourth-order valence-electron chi connectivity index (χ4n) is 1.71. The third-order valence-electron chi connectivity index (χ3n) is 3.51. The zero-order chi connectivity index (χ0) is 15.1. The van der Waals surface area contributed by atoms with Crippen molar-refractivity contribution in [2.45, 2.75) is 33.2 Å². The Labute approximate surface area is 122 Å². The van der Waals surface area contributed by atoms with E-state index in [-0.39, 0.29) is 12.1 Å². The van der Waals surface area contributed by atoms with Crippen LogP contribution in [-0.2, 0) is 6.42 Å². The van der Waals surface area contributed by atoms with E-state index in [9.17, 15) is 4.79 Å². The van der Waals surface area contributed by atoms with Crippen molar-refractivity contribution in [3.05, 3.63) is 29.8 Å². The van der Waals surface area contributed by atoms with Crippen LogP contribution in [0.4, 0.5) is 10.5 Å². The van der Waals surface area contributed by atoms with E-state index in [1.165, 1.54) is 11.3 Å². The SMILES string of the molecule is CC(C)C(C)NC(=O)NCCc1ccc(N(C)C)cc1. The van der Waals surface area contributed by atoms with Gasteiger partial charge in [-0.05, 0) is 37.0 Å². The first-order chi connectivity index (χ1) is 9.40. The van der Waals surface area contributed by atoms with Crippen LogP contribution >= 0.6 is 0 Å². The number of nitrogens with one attached hydrogen (secondary N) is 2. The molecule has 0 saturated carbocycles. The molecule has 0 spiro atoms. The lowest BCUT2D eigenvalue weighted by Crippen LogP contribution is -2.43. The number of rotatable bonds is 6. The van der Waals surface area contributed by atoms with E-state index in [0.29, 0.717) is 12.5 Å². The zero-order valence-corrected chi connectivity index (χ0v) is 13.2. The first-order valence-electron chi connectivity index (χ1n) is 7.20. The molecular weight excluding hydrogens is 250 g/mol. The molecule has 112 valence electrons. The molecule has 2 amide bonds. The lowest BCUT2D eigenvalue weighted by molar-refractivity contribution is 0.234. The van der Waals surface area contributed by atoms with Crippen LogP contribution in [0.5, 0.6) is 0 Å². The summed E-state index contributed by atoms with van der Waals surface area (Å²) in [5.41, 5.74) is 2.41. The summed E-state index contributed by atoms with van der Waals surface area (Å²) < 4.78 is 0. The predicted molar refractivity (Wildman–Crippen MR) is 85.3 cm³/mol. The van der Waals surface area contributed by atoms with E-state index in [1.54, 1.807) is 0 Å². The minimum Gasteiger partial charge on any atom is -0.378 e.